The molecular weight excluding hydrogens is 402 g/mol. The minimum atomic E-state index is -0.346. The molecule has 0 amide bonds. The molecule has 0 N–H and O–H groups in total. The molecular formula is C25H27N5O2. The molecule has 1 aliphatic heterocycles. The second kappa shape index (κ2) is 8.49. The van der Waals surface area contributed by atoms with Crippen molar-refractivity contribution in [2.45, 2.75) is 32.4 Å². The molecule has 0 unspecified atom stereocenters. The largest absolute Gasteiger partial charge is 0.342 e. The number of anilines is 1. The molecule has 2 aromatic carbocycles. The topological polar surface area (TPSA) is 65.1 Å². The summed E-state index contributed by atoms with van der Waals surface area (Å²) < 4.78 is 4.83. The lowest BCUT2D eigenvalue weighted by atomic mass is 10.1. The molecule has 32 heavy (non-hydrogen) atoms. The first kappa shape index (κ1) is 20.3. The first-order chi connectivity index (χ1) is 15.6. The van der Waals surface area contributed by atoms with Crippen LogP contribution < -0.4 is 16.1 Å². The van der Waals surface area contributed by atoms with Gasteiger partial charge in [-0.25, -0.2) is 4.79 Å². The van der Waals surface area contributed by atoms with Crippen molar-refractivity contribution in [3.05, 3.63) is 92.6 Å². The molecule has 4 aromatic rings. The van der Waals surface area contributed by atoms with E-state index in [1.807, 2.05) is 53.1 Å². The Labute approximate surface area is 186 Å². The van der Waals surface area contributed by atoms with Gasteiger partial charge in [0.15, 0.2) is 11.2 Å². The van der Waals surface area contributed by atoms with Crippen LogP contribution in [0.3, 0.4) is 0 Å². The third-order valence-corrected chi connectivity index (χ3v) is 6.22. The van der Waals surface area contributed by atoms with Crippen LogP contribution in [-0.4, -0.2) is 31.8 Å². The van der Waals surface area contributed by atoms with Crippen LogP contribution in [0.5, 0.6) is 0 Å². The molecule has 7 heteroatoms. The molecule has 0 radical (unpaired) electrons. The molecule has 0 bridgehead atoms. The molecule has 0 saturated carbocycles. The van der Waals surface area contributed by atoms with Gasteiger partial charge in [-0.05, 0) is 30.4 Å². The van der Waals surface area contributed by atoms with E-state index in [1.54, 1.807) is 11.6 Å². The predicted octanol–water partition coefficient (Wildman–Crippen LogP) is 2.98. The van der Waals surface area contributed by atoms with Crippen LogP contribution in [0.1, 0.15) is 30.4 Å². The van der Waals surface area contributed by atoms with E-state index in [-0.39, 0.29) is 11.2 Å². The summed E-state index contributed by atoms with van der Waals surface area (Å²) in [5.74, 6) is 0.771. The highest BCUT2D eigenvalue weighted by atomic mass is 16.2. The van der Waals surface area contributed by atoms with E-state index in [0.29, 0.717) is 24.3 Å². The molecule has 164 valence electrons. The Bertz CT molecular complexity index is 1350. The summed E-state index contributed by atoms with van der Waals surface area (Å²) in [5.41, 5.74) is 2.37. The predicted molar refractivity (Wildman–Crippen MR) is 126 cm³/mol. The SMILES string of the molecule is Cn1c(=O)c2c(nc(N3CCCCC3)n2Cc2ccccc2)n(Cc2ccccc2)c1=O. The summed E-state index contributed by atoms with van der Waals surface area (Å²) in [5, 5.41) is 0. The average Bonchev–Trinajstić information content (AvgIpc) is 3.21. The first-order valence-electron chi connectivity index (χ1n) is 11.2. The van der Waals surface area contributed by atoms with Gasteiger partial charge in [0, 0.05) is 20.1 Å². The Morgan fingerprint density at radius 1 is 0.781 bits per heavy atom. The van der Waals surface area contributed by atoms with Crippen LogP contribution in [0.25, 0.3) is 11.2 Å². The van der Waals surface area contributed by atoms with E-state index in [1.165, 1.54) is 11.0 Å². The summed E-state index contributed by atoms with van der Waals surface area (Å²) in [6, 6.07) is 19.9. The number of fused-ring (bicyclic) bond motifs is 1. The standard InChI is InChI=1S/C25H27N5O2/c1-27-23(31)21-22(30(25(27)32)18-20-13-7-3-8-14-20)26-24(28-15-9-4-10-16-28)29(21)17-19-11-5-2-6-12-19/h2-3,5-8,11-14H,4,9-10,15-18H2,1H3. The Hall–Kier alpha value is -3.61. The lowest BCUT2D eigenvalue weighted by Crippen LogP contribution is -2.39. The highest BCUT2D eigenvalue weighted by Crippen LogP contribution is 2.25. The van der Waals surface area contributed by atoms with Crippen molar-refractivity contribution in [2.75, 3.05) is 18.0 Å². The van der Waals surface area contributed by atoms with Gasteiger partial charge in [0.1, 0.15) is 0 Å². The van der Waals surface area contributed by atoms with Crippen molar-refractivity contribution >= 4 is 17.1 Å². The average molecular weight is 430 g/mol. The quantitative estimate of drug-likeness (QED) is 0.489. The number of imidazole rings is 1. The molecule has 3 heterocycles. The van der Waals surface area contributed by atoms with Gasteiger partial charge < -0.3 is 4.90 Å². The fourth-order valence-corrected chi connectivity index (χ4v) is 4.51. The molecule has 0 aliphatic carbocycles. The van der Waals surface area contributed by atoms with Gasteiger partial charge in [0.2, 0.25) is 5.95 Å². The summed E-state index contributed by atoms with van der Waals surface area (Å²) >= 11 is 0. The minimum absolute atomic E-state index is 0.305. The van der Waals surface area contributed by atoms with Gasteiger partial charge >= 0.3 is 5.69 Å². The Morgan fingerprint density at radius 2 is 1.34 bits per heavy atom. The van der Waals surface area contributed by atoms with Gasteiger partial charge in [-0.3, -0.25) is 18.5 Å². The number of benzene rings is 2. The van der Waals surface area contributed by atoms with E-state index in [2.05, 4.69) is 17.0 Å². The molecule has 7 nitrogen and oxygen atoms in total. The Morgan fingerprint density at radius 3 is 1.94 bits per heavy atom. The molecule has 2 aromatic heterocycles. The van der Waals surface area contributed by atoms with E-state index < -0.39 is 0 Å². The van der Waals surface area contributed by atoms with Crippen LogP contribution in [0.15, 0.2) is 70.3 Å². The summed E-state index contributed by atoms with van der Waals surface area (Å²) in [6.07, 6.45) is 3.41. The van der Waals surface area contributed by atoms with Crippen molar-refractivity contribution < 1.29 is 0 Å². The van der Waals surface area contributed by atoms with Crippen LogP contribution in [0.4, 0.5) is 5.95 Å². The van der Waals surface area contributed by atoms with E-state index in [9.17, 15) is 9.59 Å². The zero-order valence-electron chi connectivity index (χ0n) is 18.3. The van der Waals surface area contributed by atoms with E-state index in [0.717, 1.165) is 43.0 Å². The zero-order chi connectivity index (χ0) is 22.1. The van der Waals surface area contributed by atoms with Gasteiger partial charge in [0.05, 0.1) is 13.1 Å². The Kier molecular flexibility index (Phi) is 5.39. The summed E-state index contributed by atoms with van der Waals surface area (Å²) in [6.45, 7) is 2.71. The zero-order valence-corrected chi connectivity index (χ0v) is 18.3. The van der Waals surface area contributed by atoms with E-state index in [4.69, 9.17) is 4.98 Å². The van der Waals surface area contributed by atoms with Crippen LogP contribution in [0.2, 0.25) is 0 Å². The Balaban J connectivity index is 1.75. The lowest BCUT2D eigenvalue weighted by molar-refractivity contribution is 0.560. The van der Waals surface area contributed by atoms with Crippen molar-refractivity contribution in [3.8, 4) is 0 Å². The van der Waals surface area contributed by atoms with Crippen molar-refractivity contribution in [1.82, 2.24) is 18.7 Å². The summed E-state index contributed by atoms with van der Waals surface area (Å²) in [4.78, 5) is 33.6. The third-order valence-electron chi connectivity index (χ3n) is 6.22. The fourth-order valence-electron chi connectivity index (χ4n) is 4.51. The highest BCUT2D eigenvalue weighted by molar-refractivity contribution is 5.75. The molecule has 0 spiro atoms. The van der Waals surface area contributed by atoms with Crippen LogP contribution in [-0.2, 0) is 20.1 Å². The highest BCUT2D eigenvalue weighted by Gasteiger charge is 2.24. The second-order valence-corrected chi connectivity index (χ2v) is 8.42. The molecule has 1 aliphatic rings. The maximum absolute atomic E-state index is 13.3. The summed E-state index contributed by atoms with van der Waals surface area (Å²) in [7, 11) is 1.55. The number of aromatic nitrogens is 4. The van der Waals surface area contributed by atoms with Crippen LogP contribution in [0, 0.1) is 0 Å². The second-order valence-electron chi connectivity index (χ2n) is 8.42. The molecule has 5 rings (SSSR count). The number of hydrogen-bond donors (Lipinski definition) is 0. The number of nitrogens with zero attached hydrogens (tertiary/aromatic N) is 5. The van der Waals surface area contributed by atoms with Gasteiger partial charge in [-0.1, -0.05) is 60.7 Å². The van der Waals surface area contributed by atoms with Gasteiger partial charge in [-0.2, -0.15) is 4.98 Å². The first-order valence-corrected chi connectivity index (χ1v) is 11.2. The number of piperidine rings is 1. The normalized spacial score (nSPS) is 14.2. The maximum atomic E-state index is 13.3. The van der Waals surface area contributed by atoms with Crippen molar-refractivity contribution in [1.29, 1.82) is 0 Å². The smallest absolute Gasteiger partial charge is 0.332 e. The van der Waals surface area contributed by atoms with Gasteiger partial charge in [-0.15, -0.1) is 0 Å². The fraction of sp³-hybridized carbons (Fsp3) is 0.320. The molecule has 0 atom stereocenters. The van der Waals surface area contributed by atoms with Crippen molar-refractivity contribution in [2.24, 2.45) is 7.05 Å². The maximum Gasteiger partial charge on any atom is 0.332 e. The molecule has 1 fully saturated rings. The van der Waals surface area contributed by atoms with E-state index >= 15 is 0 Å². The monoisotopic (exact) mass is 429 g/mol. The minimum Gasteiger partial charge on any atom is -0.342 e. The van der Waals surface area contributed by atoms with Gasteiger partial charge in [0.25, 0.3) is 5.56 Å². The van der Waals surface area contributed by atoms with Crippen LogP contribution >= 0.6 is 0 Å². The molecule has 1 saturated heterocycles. The van der Waals surface area contributed by atoms with Crippen molar-refractivity contribution in [3.63, 3.8) is 0 Å². The number of hydrogen-bond acceptors (Lipinski definition) is 4. The third kappa shape index (κ3) is 3.64. The lowest BCUT2D eigenvalue weighted by Gasteiger charge is -2.28. The number of rotatable bonds is 5.